The zero-order chi connectivity index (χ0) is 10.4. The number of primary amides is 1. The van der Waals surface area contributed by atoms with Crippen molar-refractivity contribution in [3.05, 3.63) is 24.4 Å². The SMILES string of the molecule is C=CC(=O)NC=C(C(N)=O)C(C)C. The highest BCUT2D eigenvalue weighted by Gasteiger charge is 2.09. The molecule has 0 unspecified atom stereocenters. The third kappa shape index (κ3) is 4.10. The topological polar surface area (TPSA) is 72.2 Å². The minimum Gasteiger partial charge on any atom is -0.366 e. The summed E-state index contributed by atoms with van der Waals surface area (Å²) in [5.74, 6) is -0.902. The zero-order valence-electron chi connectivity index (χ0n) is 7.83. The van der Waals surface area contributed by atoms with Crippen LogP contribution in [0.4, 0.5) is 0 Å². The van der Waals surface area contributed by atoms with Gasteiger partial charge in [-0.2, -0.15) is 0 Å². The van der Waals surface area contributed by atoms with Crippen LogP contribution in [-0.4, -0.2) is 11.8 Å². The van der Waals surface area contributed by atoms with Gasteiger partial charge in [-0.3, -0.25) is 9.59 Å². The zero-order valence-corrected chi connectivity index (χ0v) is 7.83. The van der Waals surface area contributed by atoms with Crippen LogP contribution in [0.2, 0.25) is 0 Å². The van der Waals surface area contributed by atoms with Gasteiger partial charge in [0.15, 0.2) is 0 Å². The number of carbonyl (C=O) groups excluding carboxylic acids is 2. The van der Waals surface area contributed by atoms with Crippen LogP contribution in [0.3, 0.4) is 0 Å². The van der Waals surface area contributed by atoms with Crippen molar-refractivity contribution in [1.82, 2.24) is 5.32 Å². The molecule has 0 aromatic heterocycles. The van der Waals surface area contributed by atoms with E-state index >= 15 is 0 Å². The van der Waals surface area contributed by atoms with Gasteiger partial charge in [0.25, 0.3) is 0 Å². The van der Waals surface area contributed by atoms with Crippen molar-refractivity contribution in [2.45, 2.75) is 13.8 Å². The van der Waals surface area contributed by atoms with Crippen molar-refractivity contribution in [2.24, 2.45) is 11.7 Å². The van der Waals surface area contributed by atoms with Gasteiger partial charge in [-0.15, -0.1) is 0 Å². The van der Waals surface area contributed by atoms with E-state index in [1.807, 2.05) is 13.8 Å². The molecule has 0 aliphatic heterocycles. The lowest BCUT2D eigenvalue weighted by Gasteiger charge is -2.06. The molecule has 0 atom stereocenters. The van der Waals surface area contributed by atoms with E-state index in [2.05, 4.69) is 11.9 Å². The van der Waals surface area contributed by atoms with E-state index < -0.39 is 5.91 Å². The summed E-state index contributed by atoms with van der Waals surface area (Å²) in [5, 5.41) is 2.38. The fraction of sp³-hybridized carbons (Fsp3) is 0.333. The van der Waals surface area contributed by atoms with Crippen LogP contribution in [0.25, 0.3) is 0 Å². The van der Waals surface area contributed by atoms with Crippen LogP contribution >= 0.6 is 0 Å². The molecule has 4 nitrogen and oxygen atoms in total. The van der Waals surface area contributed by atoms with Crippen LogP contribution in [0, 0.1) is 5.92 Å². The number of nitrogens with one attached hydrogen (secondary N) is 1. The molecule has 0 rings (SSSR count). The van der Waals surface area contributed by atoms with Gasteiger partial charge in [-0.25, -0.2) is 0 Å². The first-order chi connectivity index (χ1) is 5.99. The van der Waals surface area contributed by atoms with Gasteiger partial charge in [0.2, 0.25) is 11.8 Å². The van der Waals surface area contributed by atoms with E-state index in [1.54, 1.807) is 0 Å². The van der Waals surface area contributed by atoms with Crippen molar-refractivity contribution < 1.29 is 9.59 Å². The lowest BCUT2D eigenvalue weighted by atomic mass is 10.0. The highest BCUT2D eigenvalue weighted by atomic mass is 16.2. The summed E-state index contributed by atoms with van der Waals surface area (Å²) in [6.45, 7) is 6.90. The average molecular weight is 182 g/mol. The molecule has 0 heterocycles. The molecule has 0 spiro atoms. The van der Waals surface area contributed by atoms with Crippen molar-refractivity contribution in [2.75, 3.05) is 0 Å². The molecule has 0 fully saturated rings. The fourth-order valence-electron chi connectivity index (χ4n) is 0.730. The van der Waals surface area contributed by atoms with Crippen molar-refractivity contribution >= 4 is 11.8 Å². The van der Waals surface area contributed by atoms with E-state index in [0.717, 1.165) is 6.08 Å². The smallest absolute Gasteiger partial charge is 0.247 e. The Morgan fingerprint density at radius 2 is 2.00 bits per heavy atom. The summed E-state index contributed by atoms with van der Waals surface area (Å²) >= 11 is 0. The first-order valence-electron chi connectivity index (χ1n) is 3.91. The lowest BCUT2D eigenvalue weighted by molar-refractivity contribution is -0.115. The maximum Gasteiger partial charge on any atom is 0.247 e. The summed E-state index contributed by atoms with van der Waals surface area (Å²) in [6, 6.07) is 0. The van der Waals surface area contributed by atoms with Gasteiger partial charge >= 0.3 is 0 Å². The molecule has 0 aliphatic carbocycles. The van der Waals surface area contributed by atoms with Crippen molar-refractivity contribution in [3.63, 3.8) is 0 Å². The van der Waals surface area contributed by atoms with Gasteiger partial charge in [0.05, 0.1) is 0 Å². The maximum absolute atomic E-state index is 10.8. The molecular weight excluding hydrogens is 168 g/mol. The lowest BCUT2D eigenvalue weighted by Crippen LogP contribution is -2.22. The number of hydrogen-bond acceptors (Lipinski definition) is 2. The van der Waals surface area contributed by atoms with E-state index in [1.165, 1.54) is 6.20 Å². The van der Waals surface area contributed by atoms with E-state index in [-0.39, 0.29) is 11.8 Å². The number of hydrogen-bond donors (Lipinski definition) is 2. The Labute approximate surface area is 77.5 Å². The molecule has 72 valence electrons. The summed E-state index contributed by atoms with van der Waals surface area (Å²) in [4.78, 5) is 21.6. The number of amides is 2. The third-order valence-corrected chi connectivity index (χ3v) is 1.46. The Balaban J connectivity index is 4.46. The fourth-order valence-corrected chi connectivity index (χ4v) is 0.730. The highest BCUT2D eigenvalue weighted by Crippen LogP contribution is 2.06. The van der Waals surface area contributed by atoms with Crippen LogP contribution in [0.1, 0.15) is 13.8 Å². The molecule has 0 aromatic carbocycles. The van der Waals surface area contributed by atoms with E-state index in [9.17, 15) is 9.59 Å². The van der Waals surface area contributed by atoms with Crippen molar-refractivity contribution in [3.8, 4) is 0 Å². The molecule has 4 heteroatoms. The Morgan fingerprint density at radius 1 is 1.46 bits per heavy atom. The molecule has 0 saturated carbocycles. The minimum atomic E-state index is -0.528. The van der Waals surface area contributed by atoms with Crippen molar-refractivity contribution in [1.29, 1.82) is 0 Å². The molecule has 0 aliphatic rings. The standard InChI is InChI=1S/C9H14N2O2/c1-4-8(12)11-5-7(6(2)3)9(10)13/h4-6H,1H2,2-3H3,(H2,10,13)(H,11,12). The average Bonchev–Trinajstić information content (AvgIpc) is 2.03. The Morgan fingerprint density at radius 3 is 2.31 bits per heavy atom. The molecule has 0 saturated heterocycles. The number of rotatable bonds is 4. The van der Waals surface area contributed by atoms with Crippen LogP contribution in [0.5, 0.6) is 0 Å². The van der Waals surface area contributed by atoms with Gasteiger partial charge in [-0.1, -0.05) is 20.4 Å². The predicted molar refractivity (Wildman–Crippen MR) is 50.5 cm³/mol. The second-order valence-electron chi connectivity index (χ2n) is 2.83. The molecule has 3 N–H and O–H groups in total. The summed E-state index contributed by atoms with van der Waals surface area (Å²) in [7, 11) is 0. The molecule has 0 bridgehead atoms. The van der Waals surface area contributed by atoms with Gasteiger partial charge in [0, 0.05) is 11.8 Å². The van der Waals surface area contributed by atoms with E-state index in [0.29, 0.717) is 5.57 Å². The van der Waals surface area contributed by atoms with E-state index in [4.69, 9.17) is 5.73 Å². The normalized spacial score (nSPS) is 11.2. The Bertz CT molecular complexity index is 254. The third-order valence-electron chi connectivity index (χ3n) is 1.46. The number of nitrogens with two attached hydrogens (primary N) is 1. The largest absolute Gasteiger partial charge is 0.366 e. The van der Waals surface area contributed by atoms with Gasteiger partial charge < -0.3 is 11.1 Å². The minimum absolute atomic E-state index is 0.0115. The monoisotopic (exact) mass is 182 g/mol. The van der Waals surface area contributed by atoms with Crippen LogP contribution in [0.15, 0.2) is 24.4 Å². The summed E-state index contributed by atoms with van der Waals surface area (Å²) in [6.07, 6.45) is 2.44. The predicted octanol–water partition coefficient (Wildman–Crippen LogP) is 0.314. The number of carbonyl (C=O) groups is 2. The van der Waals surface area contributed by atoms with Gasteiger partial charge in [0.1, 0.15) is 0 Å². The summed E-state index contributed by atoms with van der Waals surface area (Å²) < 4.78 is 0. The molecule has 2 amide bonds. The molecule has 0 aromatic rings. The highest BCUT2D eigenvalue weighted by molar-refractivity contribution is 5.94. The molecule has 13 heavy (non-hydrogen) atoms. The maximum atomic E-state index is 10.8. The second kappa shape index (κ2) is 5.13. The molecular formula is C9H14N2O2. The van der Waals surface area contributed by atoms with Crippen LogP contribution in [-0.2, 0) is 9.59 Å². The van der Waals surface area contributed by atoms with Gasteiger partial charge in [-0.05, 0) is 12.0 Å². The first-order valence-corrected chi connectivity index (χ1v) is 3.91. The molecule has 0 radical (unpaired) electrons. The summed E-state index contributed by atoms with van der Waals surface area (Å²) in [5.41, 5.74) is 5.47. The Hall–Kier alpha value is -1.58. The van der Waals surface area contributed by atoms with Crippen LogP contribution < -0.4 is 11.1 Å². The quantitative estimate of drug-likeness (QED) is 0.614. The Kier molecular flexibility index (Phi) is 4.51. The first kappa shape index (κ1) is 11.4. The second-order valence-corrected chi connectivity index (χ2v) is 2.83.